The molecule has 6 heteroatoms. The summed E-state index contributed by atoms with van der Waals surface area (Å²) in [6, 6.07) is 5.66. The lowest BCUT2D eigenvalue weighted by Crippen LogP contribution is -2.05. The van der Waals surface area contributed by atoms with Gasteiger partial charge in [0.1, 0.15) is 9.84 Å². The minimum atomic E-state index is -2.86. The highest BCUT2D eigenvalue weighted by Gasteiger charge is 2.06. The zero-order valence-electron chi connectivity index (χ0n) is 8.94. The quantitative estimate of drug-likeness (QED) is 0.667. The van der Waals surface area contributed by atoms with E-state index in [4.69, 9.17) is 5.73 Å². The molecule has 0 heterocycles. The van der Waals surface area contributed by atoms with Gasteiger partial charge in [-0.25, -0.2) is 8.42 Å². The van der Waals surface area contributed by atoms with Crippen molar-refractivity contribution in [3.63, 3.8) is 0 Å². The first-order chi connectivity index (χ1) is 7.40. The van der Waals surface area contributed by atoms with Crippen molar-refractivity contribution < 1.29 is 8.42 Å². The molecule has 2 N–H and O–H groups in total. The second kappa shape index (κ2) is 5.93. The van der Waals surface area contributed by atoms with Crippen LogP contribution in [0.5, 0.6) is 0 Å². The summed E-state index contributed by atoms with van der Waals surface area (Å²) in [5, 5.41) is 0. The number of thioether (sulfide) groups is 1. The van der Waals surface area contributed by atoms with E-state index in [1.807, 2.05) is 18.2 Å². The van der Waals surface area contributed by atoms with Crippen molar-refractivity contribution in [1.82, 2.24) is 0 Å². The van der Waals surface area contributed by atoms with Crippen LogP contribution in [0.3, 0.4) is 0 Å². The van der Waals surface area contributed by atoms with E-state index in [2.05, 4.69) is 15.9 Å². The van der Waals surface area contributed by atoms with E-state index in [-0.39, 0.29) is 5.75 Å². The number of anilines is 1. The van der Waals surface area contributed by atoms with Gasteiger partial charge in [-0.05, 0) is 17.7 Å². The lowest BCUT2D eigenvalue weighted by molar-refractivity contribution is 0.603. The number of sulfone groups is 1. The molecule has 0 bridgehead atoms. The van der Waals surface area contributed by atoms with Gasteiger partial charge in [0.15, 0.2) is 0 Å². The monoisotopic (exact) mass is 323 g/mol. The van der Waals surface area contributed by atoms with Crippen LogP contribution in [-0.2, 0) is 15.6 Å². The van der Waals surface area contributed by atoms with Crippen LogP contribution < -0.4 is 5.73 Å². The minimum Gasteiger partial charge on any atom is -0.398 e. The Morgan fingerprint density at radius 2 is 2.12 bits per heavy atom. The number of hydrogen-bond donors (Lipinski definition) is 1. The normalized spacial score (nSPS) is 11.6. The second-order valence-corrected chi connectivity index (χ2v) is 7.71. The zero-order chi connectivity index (χ0) is 12.2. The lowest BCUT2D eigenvalue weighted by Gasteiger charge is -2.07. The lowest BCUT2D eigenvalue weighted by atomic mass is 10.2. The van der Waals surface area contributed by atoms with Crippen LogP contribution in [0.1, 0.15) is 5.56 Å². The van der Waals surface area contributed by atoms with Gasteiger partial charge in [0.2, 0.25) is 0 Å². The fraction of sp³-hybridized carbons (Fsp3) is 0.400. The molecule has 0 aliphatic carbocycles. The number of halogens is 1. The van der Waals surface area contributed by atoms with Crippen LogP contribution in [-0.4, -0.2) is 26.2 Å². The zero-order valence-corrected chi connectivity index (χ0v) is 12.2. The molecule has 3 nitrogen and oxygen atoms in total. The Morgan fingerprint density at radius 3 is 2.69 bits per heavy atom. The van der Waals surface area contributed by atoms with Gasteiger partial charge in [-0.2, -0.15) is 11.8 Å². The number of benzene rings is 1. The van der Waals surface area contributed by atoms with Crippen LogP contribution >= 0.6 is 27.7 Å². The van der Waals surface area contributed by atoms with Crippen molar-refractivity contribution in [2.75, 3.05) is 23.5 Å². The van der Waals surface area contributed by atoms with Gasteiger partial charge < -0.3 is 5.73 Å². The topological polar surface area (TPSA) is 60.2 Å². The molecule has 0 saturated carbocycles. The molecule has 0 unspecified atom stereocenters. The fourth-order valence-electron chi connectivity index (χ4n) is 1.11. The minimum absolute atomic E-state index is 0.210. The molecule has 0 atom stereocenters. The van der Waals surface area contributed by atoms with Gasteiger partial charge in [0, 0.05) is 27.9 Å². The highest BCUT2D eigenvalue weighted by Crippen LogP contribution is 2.26. The SMILES string of the molecule is CS(=O)(=O)CCSCc1c(N)cccc1Br. The Labute approximate surface area is 109 Å². The van der Waals surface area contributed by atoms with Gasteiger partial charge in [-0.3, -0.25) is 0 Å². The summed E-state index contributed by atoms with van der Waals surface area (Å²) in [5.74, 6) is 1.53. The summed E-state index contributed by atoms with van der Waals surface area (Å²) in [6.07, 6.45) is 1.25. The molecule has 90 valence electrons. The Morgan fingerprint density at radius 1 is 1.44 bits per heavy atom. The van der Waals surface area contributed by atoms with E-state index in [0.29, 0.717) is 5.75 Å². The molecule has 0 spiro atoms. The molecule has 1 aromatic rings. The summed E-state index contributed by atoms with van der Waals surface area (Å²) in [6.45, 7) is 0. The van der Waals surface area contributed by atoms with Gasteiger partial charge in [-0.15, -0.1) is 0 Å². The van der Waals surface area contributed by atoms with Crippen molar-refractivity contribution in [1.29, 1.82) is 0 Å². The predicted molar refractivity (Wildman–Crippen MR) is 74.4 cm³/mol. The van der Waals surface area contributed by atoms with E-state index < -0.39 is 9.84 Å². The largest absolute Gasteiger partial charge is 0.398 e. The number of hydrogen-bond acceptors (Lipinski definition) is 4. The van der Waals surface area contributed by atoms with Crippen molar-refractivity contribution in [3.05, 3.63) is 28.2 Å². The molecule has 1 rings (SSSR count). The Bertz CT molecular complexity index is 440. The van der Waals surface area contributed by atoms with E-state index in [1.54, 1.807) is 11.8 Å². The van der Waals surface area contributed by atoms with E-state index >= 15 is 0 Å². The van der Waals surface area contributed by atoms with Crippen molar-refractivity contribution >= 4 is 43.2 Å². The molecule has 0 aromatic heterocycles. The van der Waals surface area contributed by atoms with E-state index in [9.17, 15) is 8.42 Å². The second-order valence-electron chi connectivity index (χ2n) is 3.49. The van der Waals surface area contributed by atoms with E-state index in [1.165, 1.54) is 6.26 Å². The van der Waals surface area contributed by atoms with Crippen molar-refractivity contribution in [2.24, 2.45) is 0 Å². The van der Waals surface area contributed by atoms with Crippen molar-refractivity contribution in [3.8, 4) is 0 Å². The molecule has 0 aliphatic heterocycles. The van der Waals surface area contributed by atoms with Gasteiger partial charge in [0.25, 0.3) is 0 Å². The predicted octanol–water partition coefficient (Wildman–Crippen LogP) is 2.31. The van der Waals surface area contributed by atoms with Crippen LogP contribution in [0.2, 0.25) is 0 Å². The summed E-state index contributed by atoms with van der Waals surface area (Å²) in [4.78, 5) is 0. The van der Waals surface area contributed by atoms with Crippen LogP contribution in [0.15, 0.2) is 22.7 Å². The maximum Gasteiger partial charge on any atom is 0.148 e. The fourth-order valence-corrected chi connectivity index (χ4v) is 4.17. The average molecular weight is 324 g/mol. The third-order valence-corrected chi connectivity index (χ3v) is 4.93. The Hall–Kier alpha value is -0.200. The highest BCUT2D eigenvalue weighted by atomic mass is 79.9. The van der Waals surface area contributed by atoms with Gasteiger partial charge in [-0.1, -0.05) is 22.0 Å². The highest BCUT2D eigenvalue weighted by molar-refractivity contribution is 9.10. The summed E-state index contributed by atoms with van der Waals surface area (Å²) < 4.78 is 22.8. The molecule has 16 heavy (non-hydrogen) atoms. The maximum absolute atomic E-state index is 10.9. The Balaban J connectivity index is 2.49. The smallest absolute Gasteiger partial charge is 0.148 e. The first-order valence-corrected chi connectivity index (χ1v) is 8.69. The third-order valence-electron chi connectivity index (χ3n) is 2.00. The molecule has 0 amide bonds. The molecule has 0 fully saturated rings. The molecule has 1 aromatic carbocycles. The molecular formula is C10H14BrNO2S2. The van der Waals surface area contributed by atoms with Crippen LogP contribution in [0.25, 0.3) is 0 Å². The third kappa shape index (κ3) is 4.76. The first-order valence-electron chi connectivity index (χ1n) is 4.68. The van der Waals surface area contributed by atoms with Gasteiger partial charge >= 0.3 is 0 Å². The first kappa shape index (κ1) is 13.9. The molecule has 0 radical (unpaired) electrons. The standard InChI is InChI=1S/C10H14BrNO2S2/c1-16(13,14)6-5-15-7-8-9(11)3-2-4-10(8)12/h2-4H,5-7,12H2,1H3. The number of nitrogens with two attached hydrogens (primary N) is 1. The summed E-state index contributed by atoms with van der Waals surface area (Å²) in [7, 11) is -2.86. The van der Waals surface area contributed by atoms with E-state index in [0.717, 1.165) is 21.5 Å². The Kier molecular flexibility index (Phi) is 5.14. The number of nitrogen functional groups attached to an aromatic ring is 1. The molecule has 0 saturated heterocycles. The van der Waals surface area contributed by atoms with Crippen molar-refractivity contribution in [2.45, 2.75) is 5.75 Å². The summed E-state index contributed by atoms with van der Waals surface area (Å²) in [5.41, 5.74) is 7.59. The number of rotatable bonds is 5. The van der Waals surface area contributed by atoms with Crippen LogP contribution in [0, 0.1) is 0 Å². The van der Waals surface area contributed by atoms with Gasteiger partial charge in [0.05, 0.1) is 5.75 Å². The van der Waals surface area contributed by atoms with Crippen LogP contribution in [0.4, 0.5) is 5.69 Å². The average Bonchev–Trinajstić information content (AvgIpc) is 2.14. The molecular weight excluding hydrogens is 310 g/mol. The maximum atomic E-state index is 10.9. The molecule has 0 aliphatic rings. The summed E-state index contributed by atoms with van der Waals surface area (Å²) >= 11 is 5.00.